The highest BCUT2D eigenvalue weighted by Gasteiger charge is 2.36. The zero-order valence-corrected chi connectivity index (χ0v) is 15.6. The third-order valence-electron chi connectivity index (χ3n) is 4.26. The van der Waals surface area contributed by atoms with Crippen molar-refractivity contribution in [3.8, 4) is 0 Å². The Labute approximate surface area is 152 Å². The van der Waals surface area contributed by atoms with Gasteiger partial charge in [0.2, 0.25) is 5.91 Å². The highest BCUT2D eigenvalue weighted by molar-refractivity contribution is 7.99. The normalized spacial score (nSPS) is 21.3. The van der Waals surface area contributed by atoms with Crippen LogP contribution in [0.25, 0.3) is 0 Å². The van der Waals surface area contributed by atoms with Crippen molar-refractivity contribution < 1.29 is 14.7 Å². The van der Waals surface area contributed by atoms with Crippen molar-refractivity contribution >= 4 is 35.2 Å². The molecule has 1 aliphatic heterocycles. The van der Waals surface area contributed by atoms with Crippen LogP contribution in [0.4, 0.5) is 0 Å². The van der Waals surface area contributed by atoms with Crippen LogP contribution in [-0.2, 0) is 9.59 Å². The van der Waals surface area contributed by atoms with Gasteiger partial charge in [0, 0.05) is 23.2 Å². The lowest BCUT2D eigenvalue weighted by molar-refractivity contribution is -0.148. The molecule has 1 aliphatic rings. The van der Waals surface area contributed by atoms with Crippen molar-refractivity contribution in [3.05, 3.63) is 34.9 Å². The zero-order valence-electron chi connectivity index (χ0n) is 14.1. The van der Waals surface area contributed by atoms with Crippen molar-refractivity contribution in [1.29, 1.82) is 0 Å². The maximum Gasteiger partial charge on any atom is 0.304 e. The van der Waals surface area contributed by atoms with Crippen LogP contribution >= 0.6 is 23.4 Å². The third kappa shape index (κ3) is 5.15. The largest absolute Gasteiger partial charge is 0.481 e. The fraction of sp³-hybridized carbons (Fsp3) is 0.556. The van der Waals surface area contributed by atoms with E-state index < -0.39 is 11.9 Å². The number of amides is 1. The van der Waals surface area contributed by atoms with Gasteiger partial charge in [0.1, 0.15) is 0 Å². The molecule has 1 fully saturated rings. The van der Waals surface area contributed by atoms with E-state index in [0.29, 0.717) is 23.2 Å². The minimum atomic E-state index is -0.908. The summed E-state index contributed by atoms with van der Waals surface area (Å²) in [5, 5.41) is 10.2. The zero-order chi connectivity index (χ0) is 17.7. The van der Waals surface area contributed by atoms with Crippen molar-refractivity contribution in [2.45, 2.75) is 44.4 Å². The van der Waals surface area contributed by atoms with E-state index in [2.05, 4.69) is 13.8 Å². The molecule has 6 heteroatoms. The van der Waals surface area contributed by atoms with Gasteiger partial charge in [-0.15, -0.1) is 0 Å². The number of carboxylic acid groups (broad SMARTS) is 1. The van der Waals surface area contributed by atoms with Crippen molar-refractivity contribution in [3.63, 3.8) is 0 Å². The van der Waals surface area contributed by atoms with E-state index in [1.165, 1.54) is 0 Å². The molecule has 4 nitrogen and oxygen atoms in total. The van der Waals surface area contributed by atoms with E-state index in [-0.39, 0.29) is 18.4 Å². The smallest absolute Gasteiger partial charge is 0.304 e. The Balaban J connectivity index is 2.16. The molecule has 0 saturated carbocycles. The number of halogens is 1. The number of nitrogens with zero attached hydrogens (tertiary/aromatic N) is 1. The highest BCUT2D eigenvalue weighted by Crippen LogP contribution is 2.36. The van der Waals surface area contributed by atoms with Gasteiger partial charge in [0.15, 0.2) is 0 Å². The molecule has 0 radical (unpaired) electrons. The van der Waals surface area contributed by atoms with Crippen molar-refractivity contribution in [2.75, 3.05) is 12.3 Å². The molecule has 2 rings (SSSR count). The second kappa shape index (κ2) is 8.77. The van der Waals surface area contributed by atoms with Gasteiger partial charge in [-0.3, -0.25) is 9.59 Å². The van der Waals surface area contributed by atoms with E-state index in [0.717, 1.165) is 17.7 Å². The lowest BCUT2D eigenvalue weighted by Crippen LogP contribution is -2.45. The molecule has 24 heavy (non-hydrogen) atoms. The maximum atomic E-state index is 12.8. The topological polar surface area (TPSA) is 57.6 Å². The molecule has 1 amide bonds. The fourth-order valence-electron chi connectivity index (χ4n) is 3.11. The molecule has 1 heterocycles. The highest BCUT2D eigenvalue weighted by atomic mass is 35.5. The number of rotatable bonds is 7. The second-order valence-electron chi connectivity index (χ2n) is 6.39. The Morgan fingerprint density at radius 1 is 1.33 bits per heavy atom. The second-order valence-corrected chi connectivity index (χ2v) is 8.51. The van der Waals surface area contributed by atoms with Crippen LogP contribution < -0.4 is 0 Å². The van der Waals surface area contributed by atoms with E-state index in [4.69, 9.17) is 16.7 Å². The van der Waals surface area contributed by atoms with Gasteiger partial charge >= 0.3 is 5.97 Å². The van der Waals surface area contributed by atoms with Crippen LogP contribution in [0.2, 0.25) is 5.02 Å². The molecule has 1 aromatic rings. The molecular formula is C18H24ClNO3S. The Bertz CT molecular complexity index is 576. The third-order valence-corrected chi connectivity index (χ3v) is 5.59. The number of carbonyl (C=O) groups excluding carboxylic acids is 1. The number of carboxylic acids is 1. The van der Waals surface area contributed by atoms with Crippen LogP contribution in [0.1, 0.15) is 44.7 Å². The van der Waals surface area contributed by atoms with E-state index in [1.807, 2.05) is 40.9 Å². The van der Waals surface area contributed by atoms with Crippen LogP contribution in [0.15, 0.2) is 24.3 Å². The first-order valence-electron chi connectivity index (χ1n) is 8.27. The summed E-state index contributed by atoms with van der Waals surface area (Å²) in [7, 11) is 0. The lowest BCUT2D eigenvalue weighted by atomic mass is 9.86. The lowest BCUT2D eigenvalue weighted by Gasteiger charge is -2.39. The number of benzene rings is 1. The fourth-order valence-corrected chi connectivity index (χ4v) is 4.01. The molecule has 132 valence electrons. The molecular weight excluding hydrogens is 346 g/mol. The van der Waals surface area contributed by atoms with Crippen LogP contribution in [-0.4, -0.2) is 39.4 Å². The summed E-state index contributed by atoms with van der Waals surface area (Å²) in [6, 6.07) is 7.60. The molecule has 1 N–H and O–H groups in total. The molecule has 1 saturated heterocycles. The SMILES string of the molecule is CC(C)SCCN1C(=O)C(CC(=O)O)CCC1c1ccc(Cl)cc1. The van der Waals surface area contributed by atoms with Gasteiger partial charge in [-0.05, 0) is 35.8 Å². The van der Waals surface area contributed by atoms with E-state index >= 15 is 0 Å². The number of likely N-dealkylation sites (tertiary alicyclic amines) is 1. The molecule has 0 aliphatic carbocycles. The van der Waals surface area contributed by atoms with Crippen LogP contribution in [0.5, 0.6) is 0 Å². The molecule has 0 aromatic heterocycles. The first-order chi connectivity index (χ1) is 11.4. The van der Waals surface area contributed by atoms with Gasteiger partial charge in [-0.2, -0.15) is 11.8 Å². The number of piperidine rings is 1. The van der Waals surface area contributed by atoms with E-state index in [9.17, 15) is 9.59 Å². The minimum absolute atomic E-state index is 0.00701. The summed E-state index contributed by atoms with van der Waals surface area (Å²) in [6.07, 6.45) is 1.32. The molecule has 2 unspecified atom stereocenters. The predicted molar refractivity (Wildman–Crippen MR) is 98.5 cm³/mol. The molecule has 2 atom stereocenters. The Kier molecular flexibility index (Phi) is 6.99. The number of hydrogen-bond acceptors (Lipinski definition) is 3. The Hall–Kier alpha value is -1.20. The van der Waals surface area contributed by atoms with Gasteiger partial charge in [-0.1, -0.05) is 37.6 Å². The van der Waals surface area contributed by atoms with Gasteiger partial charge in [0.25, 0.3) is 0 Å². The number of hydrogen-bond donors (Lipinski definition) is 1. The quantitative estimate of drug-likeness (QED) is 0.781. The summed E-state index contributed by atoms with van der Waals surface area (Å²) >= 11 is 7.78. The van der Waals surface area contributed by atoms with E-state index in [1.54, 1.807) is 0 Å². The van der Waals surface area contributed by atoms with Crippen molar-refractivity contribution in [2.24, 2.45) is 5.92 Å². The molecule has 0 bridgehead atoms. The Morgan fingerprint density at radius 3 is 2.58 bits per heavy atom. The average molecular weight is 370 g/mol. The maximum absolute atomic E-state index is 12.8. The molecule has 1 aromatic carbocycles. The Morgan fingerprint density at radius 2 is 2.00 bits per heavy atom. The van der Waals surface area contributed by atoms with Crippen LogP contribution in [0.3, 0.4) is 0 Å². The first kappa shape index (κ1) is 19.1. The average Bonchev–Trinajstić information content (AvgIpc) is 2.51. The first-order valence-corrected chi connectivity index (χ1v) is 9.70. The number of carbonyl (C=O) groups is 2. The monoisotopic (exact) mass is 369 g/mol. The standard InChI is InChI=1S/C18H24ClNO3S/c1-12(2)24-10-9-20-16(13-3-6-15(19)7-4-13)8-5-14(18(20)23)11-17(21)22/h3-4,6-7,12,14,16H,5,8-11H2,1-2H3,(H,21,22). The number of thioether (sulfide) groups is 1. The summed E-state index contributed by atoms with van der Waals surface area (Å²) in [5.74, 6) is -0.495. The summed E-state index contributed by atoms with van der Waals surface area (Å²) in [5.41, 5.74) is 1.07. The van der Waals surface area contributed by atoms with Crippen LogP contribution in [0, 0.1) is 5.92 Å². The van der Waals surface area contributed by atoms with Crippen molar-refractivity contribution in [1.82, 2.24) is 4.90 Å². The summed E-state index contributed by atoms with van der Waals surface area (Å²) < 4.78 is 0. The minimum Gasteiger partial charge on any atom is -0.481 e. The predicted octanol–water partition coefficient (Wildman–Crippen LogP) is 4.24. The van der Waals surface area contributed by atoms with Gasteiger partial charge < -0.3 is 10.0 Å². The number of aliphatic carboxylic acids is 1. The van der Waals surface area contributed by atoms with Gasteiger partial charge in [0.05, 0.1) is 12.5 Å². The molecule has 0 spiro atoms. The summed E-state index contributed by atoms with van der Waals surface area (Å²) in [4.78, 5) is 25.7. The van der Waals surface area contributed by atoms with Gasteiger partial charge in [-0.25, -0.2) is 0 Å². The summed E-state index contributed by atoms with van der Waals surface area (Å²) in [6.45, 7) is 4.91.